The van der Waals surface area contributed by atoms with Gasteiger partial charge in [-0.25, -0.2) is 0 Å². The highest BCUT2D eigenvalue weighted by atomic mass is 32.2. The summed E-state index contributed by atoms with van der Waals surface area (Å²) in [5, 5.41) is 9.14. The second kappa shape index (κ2) is 4.30. The maximum atomic E-state index is 6.12. The van der Waals surface area contributed by atoms with Gasteiger partial charge < -0.3 is 10.2 Å². The summed E-state index contributed by atoms with van der Waals surface area (Å²) in [4.78, 5) is 5.14. The average molecular weight is 258 g/mol. The predicted octanol–water partition coefficient (Wildman–Crippen LogP) is 2.66. The van der Waals surface area contributed by atoms with Crippen LogP contribution in [0.5, 0.6) is 0 Å². The number of hydrogen-bond acceptors (Lipinski definition) is 6. The molecule has 90 valence electrons. The van der Waals surface area contributed by atoms with Gasteiger partial charge in [0.1, 0.15) is 0 Å². The first-order valence-electron chi connectivity index (χ1n) is 5.35. The molecule has 18 heavy (non-hydrogen) atoms. The fraction of sp³-hybridized carbons (Fsp3) is 0.0833. The number of aryl methyl sites for hydroxylation is 1. The number of pyridine rings is 1. The van der Waals surface area contributed by atoms with Gasteiger partial charge >= 0.3 is 0 Å². The number of hydrogen-bond donors (Lipinski definition) is 1. The Morgan fingerprint density at radius 1 is 1.22 bits per heavy atom. The van der Waals surface area contributed by atoms with E-state index in [1.54, 1.807) is 13.1 Å². The van der Waals surface area contributed by atoms with Crippen molar-refractivity contribution in [3.63, 3.8) is 0 Å². The van der Waals surface area contributed by atoms with Crippen molar-refractivity contribution in [3.8, 4) is 0 Å². The first-order valence-corrected chi connectivity index (χ1v) is 6.17. The number of fused-ring (bicyclic) bond motifs is 1. The molecule has 0 bridgehead atoms. The van der Waals surface area contributed by atoms with Gasteiger partial charge in [0.2, 0.25) is 5.89 Å². The molecule has 0 saturated carbocycles. The van der Waals surface area contributed by atoms with Crippen molar-refractivity contribution in [2.24, 2.45) is 0 Å². The molecule has 0 radical (unpaired) electrons. The van der Waals surface area contributed by atoms with Gasteiger partial charge in [0.25, 0.3) is 5.22 Å². The minimum atomic E-state index is 0.488. The molecule has 0 aliphatic heterocycles. The summed E-state index contributed by atoms with van der Waals surface area (Å²) < 4.78 is 5.32. The fourth-order valence-corrected chi connectivity index (χ4v) is 2.45. The van der Waals surface area contributed by atoms with Gasteiger partial charge in [-0.05, 0) is 36.0 Å². The Morgan fingerprint density at radius 2 is 2.11 bits per heavy atom. The van der Waals surface area contributed by atoms with Crippen LogP contribution in [-0.2, 0) is 0 Å². The molecule has 2 aromatic heterocycles. The Kier molecular flexibility index (Phi) is 2.64. The molecule has 0 amide bonds. The van der Waals surface area contributed by atoms with Crippen LogP contribution in [0.15, 0.2) is 45.0 Å². The third kappa shape index (κ3) is 1.91. The van der Waals surface area contributed by atoms with E-state index in [9.17, 15) is 0 Å². The molecule has 2 heterocycles. The van der Waals surface area contributed by atoms with Crippen LogP contribution < -0.4 is 5.73 Å². The molecule has 0 unspecified atom stereocenters. The van der Waals surface area contributed by atoms with Crippen LogP contribution in [0.25, 0.3) is 10.9 Å². The maximum Gasteiger partial charge on any atom is 0.281 e. The van der Waals surface area contributed by atoms with E-state index < -0.39 is 0 Å². The van der Waals surface area contributed by atoms with E-state index in [-0.39, 0.29) is 0 Å². The number of nitrogen functional groups attached to an aromatic ring is 1. The van der Waals surface area contributed by atoms with Gasteiger partial charge in [-0.3, -0.25) is 4.98 Å². The molecular formula is C12H10N4OS. The molecular weight excluding hydrogens is 248 g/mol. The molecule has 5 nitrogen and oxygen atoms in total. The number of rotatable bonds is 2. The van der Waals surface area contributed by atoms with Gasteiger partial charge in [0.05, 0.1) is 11.2 Å². The van der Waals surface area contributed by atoms with Crippen molar-refractivity contribution in [2.45, 2.75) is 17.0 Å². The molecule has 0 atom stereocenters. The van der Waals surface area contributed by atoms with Crippen LogP contribution in [0, 0.1) is 6.92 Å². The highest BCUT2D eigenvalue weighted by Crippen LogP contribution is 2.34. The number of benzene rings is 1. The van der Waals surface area contributed by atoms with Crippen LogP contribution in [-0.4, -0.2) is 15.2 Å². The van der Waals surface area contributed by atoms with Crippen molar-refractivity contribution in [2.75, 3.05) is 5.73 Å². The van der Waals surface area contributed by atoms with Gasteiger partial charge in [0, 0.05) is 23.4 Å². The number of aromatic nitrogens is 3. The summed E-state index contributed by atoms with van der Waals surface area (Å²) in [6.45, 7) is 1.75. The molecule has 0 aliphatic carbocycles. The second-order valence-electron chi connectivity index (χ2n) is 3.74. The lowest BCUT2D eigenvalue weighted by molar-refractivity contribution is 0.429. The number of nitrogens with two attached hydrogens (primary N) is 1. The first kappa shape index (κ1) is 11.0. The third-order valence-corrected chi connectivity index (χ3v) is 3.41. The van der Waals surface area contributed by atoms with Crippen LogP contribution >= 0.6 is 11.8 Å². The van der Waals surface area contributed by atoms with Crippen LogP contribution in [0.2, 0.25) is 0 Å². The SMILES string of the molecule is Cc1nnc(Sc2ccc3ncccc3c2N)o1. The maximum absolute atomic E-state index is 6.12. The molecule has 0 aliphatic rings. The van der Waals surface area contributed by atoms with E-state index >= 15 is 0 Å². The summed E-state index contributed by atoms with van der Waals surface area (Å²) in [5.41, 5.74) is 7.68. The molecule has 0 fully saturated rings. The minimum Gasteiger partial charge on any atom is -0.416 e. The molecule has 3 aromatic rings. The summed E-state index contributed by atoms with van der Waals surface area (Å²) in [7, 11) is 0. The quantitative estimate of drug-likeness (QED) is 0.712. The normalized spacial score (nSPS) is 10.9. The zero-order valence-electron chi connectivity index (χ0n) is 9.62. The molecule has 3 rings (SSSR count). The van der Waals surface area contributed by atoms with Gasteiger partial charge in [-0.1, -0.05) is 0 Å². The topological polar surface area (TPSA) is 77.8 Å². The van der Waals surface area contributed by atoms with E-state index in [1.807, 2.05) is 24.3 Å². The molecule has 0 saturated heterocycles. The summed E-state index contributed by atoms with van der Waals surface area (Å²) >= 11 is 1.36. The Balaban J connectivity index is 2.04. The molecule has 0 spiro atoms. The van der Waals surface area contributed by atoms with E-state index in [1.165, 1.54) is 11.8 Å². The standard InChI is InChI=1S/C12H10N4OS/c1-7-15-16-12(17-7)18-10-5-4-9-8(11(10)13)3-2-6-14-9/h2-6H,13H2,1H3. The van der Waals surface area contributed by atoms with E-state index in [4.69, 9.17) is 10.2 Å². The second-order valence-corrected chi connectivity index (χ2v) is 4.73. The van der Waals surface area contributed by atoms with Crippen molar-refractivity contribution in [1.82, 2.24) is 15.2 Å². The van der Waals surface area contributed by atoms with Crippen LogP contribution in [0.4, 0.5) is 5.69 Å². The summed E-state index contributed by atoms with van der Waals surface area (Å²) in [6.07, 6.45) is 1.75. The van der Waals surface area contributed by atoms with Crippen molar-refractivity contribution in [1.29, 1.82) is 0 Å². The van der Waals surface area contributed by atoms with Crippen molar-refractivity contribution >= 4 is 28.4 Å². The number of nitrogens with zero attached hydrogens (tertiary/aromatic N) is 3. The molecule has 2 N–H and O–H groups in total. The largest absolute Gasteiger partial charge is 0.416 e. The lowest BCUT2D eigenvalue weighted by Gasteiger charge is -2.05. The van der Waals surface area contributed by atoms with Crippen LogP contribution in [0.1, 0.15) is 5.89 Å². The van der Waals surface area contributed by atoms with Crippen molar-refractivity contribution in [3.05, 3.63) is 36.4 Å². The highest BCUT2D eigenvalue weighted by molar-refractivity contribution is 7.99. The zero-order chi connectivity index (χ0) is 12.5. The Bertz CT molecular complexity index is 710. The zero-order valence-corrected chi connectivity index (χ0v) is 10.4. The van der Waals surface area contributed by atoms with Gasteiger partial charge in [-0.2, -0.15) is 0 Å². The number of anilines is 1. The predicted molar refractivity (Wildman–Crippen MR) is 69.3 cm³/mol. The fourth-order valence-electron chi connectivity index (χ4n) is 1.66. The molecule has 6 heteroatoms. The Hall–Kier alpha value is -2.08. The Labute approximate surface area is 107 Å². The first-order chi connectivity index (χ1) is 8.74. The third-order valence-electron chi connectivity index (χ3n) is 2.49. The highest BCUT2D eigenvalue weighted by Gasteiger charge is 2.10. The van der Waals surface area contributed by atoms with Gasteiger partial charge in [0.15, 0.2) is 0 Å². The Morgan fingerprint density at radius 3 is 2.89 bits per heavy atom. The van der Waals surface area contributed by atoms with E-state index in [0.29, 0.717) is 16.8 Å². The lowest BCUT2D eigenvalue weighted by atomic mass is 10.2. The lowest BCUT2D eigenvalue weighted by Crippen LogP contribution is -1.91. The smallest absolute Gasteiger partial charge is 0.281 e. The molecule has 1 aromatic carbocycles. The average Bonchev–Trinajstić information content (AvgIpc) is 2.79. The minimum absolute atomic E-state index is 0.488. The monoisotopic (exact) mass is 258 g/mol. The van der Waals surface area contributed by atoms with Crippen LogP contribution in [0.3, 0.4) is 0 Å². The summed E-state index contributed by atoms with van der Waals surface area (Å²) in [6, 6.07) is 7.65. The summed E-state index contributed by atoms with van der Waals surface area (Å²) in [5.74, 6) is 0.540. The van der Waals surface area contributed by atoms with E-state index in [0.717, 1.165) is 15.8 Å². The van der Waals surface area contributed by atoms with E-state index in [2.05, 4.69) is 15.2 Å². The van der Waals surface area contributed by atoms with Crippen molar-refractivity contribution < 1.29 is 4.42 Å². The van der Waals surface area contributed by atoms with Gasteiger partial charge in [-0.15, -0.1) is 10.2 Å².